The lowest BCUT2D eigenvalue weighted by Gasteiger charge is -2.11. The summed E-state index contributed by atoms with van der Waals surface area (Å²) in [6, 6.07) is 7.45. The second-order valence-corrected chi connectivity index (χ2v) is 3.81. The first kappa shape index (κ1) is 13.4. The number of hydrogen-bond acceptors (Lipinski definition) is 3. The Morgan fingerprint density at radius 3 is 2.68 bits per heavy atom. The third kappa shape index (κ3) is 3.45. The Bertz CT molecular complexity index is 570. The van der Waals surface area contributed by atoms with Gasteiger partial charge in [-0.15, -0.1) is 13.2 Å². The van der Waals surface area contributed by atoms with Crippen LogP contribution in [0.3, 0.4) is 0 Å². The second-order valence-electron chi connectivity index (χ2n) is 3.81. The van der Waals surface area contributed by atoms with Gasteiger partial charge in [0.25, 0.3) is 0 Å². The highest BCUT2D eigenvalue weighted by Gasteiger charge is 2.31. The molecule has 0 bridgehead atoms. The van der Waals surface area contributed by atoms with Crippen molar-refractivity contribution in [2.45, 2.75) is 12.9 Å². The van der Waals surface area contributed by atoms with Gasteiger partial charge in [-0.25, -0.2) is 0 Å². The van der Waals surface area contributed by atoms with Gasteiger partial charge in [-0.3, -0.25) is 4.98 Å². The van der Waals surface area contributed by atoms with Crippen molar-refractivity contribution in [2.75, 3.05) is 0 Å². The number of halogens is 3. The highest BCUT2D eigenvalue weighted by atomic mass is 19.4. The summed E-state index contributed by atoms with van der Waals surface area (Å²) in [4.78, 5) is 3.96. The molecular weight excluding hydrogens is 257 g/mol. The fraction of sp³-hybridized carbons (Fsp3) is 0.154. The van der Waals surface area contributed by atoms with Crippen molar-refractivity contribution in [2.24, 2.45) is 5.73 Å². The van der Waals surface area contributed by atoms with Crippen LogP contribution >= 0.6 is 0 Å². The van der Waals surface area contributed by atoms with Gasteiger partial charge in [-0.1, -0.05) is 12.1 Å². The molecule has 0 aliphatic heterocycles. The third-order valence-corrected chi connectivity index (χ3v) is 2.51. The topological polar surface area (TPSA) is 48.1 Å². The van der Waals surface area contributed by atoms with Gasteiger partial charge < -0.3 is 10.5 Å². The van der Waals surface area contributed by atoms with Gasteiger partial charge in [0.2, 0.25) is 0 Å². The van der Waals surface area contributed by atoms with Crippen LogP contribution in [0, 0.1) is 0 Å². The van der Waals surface area contributed by atoms with Crippen LogP contribution in [-0.2, 0) is 6.54 Å². The molecule has 0 amide bonds. The van der Waals surface area contributed by atoms with E-state index in [2.05, 4.69) is 9.72 Å². The summed E-state index contributed by atoms with van der Waals surface area (Å²) in [6.07, 6.45) is -1.55. The molecule has 0 saturated heterocycles. The molecule has 3 nitrogen and oxygen atoms in total. The van der Waals surface area contributed by atoms with Crippen molar-refractivity contribution in [1.82, 2.24) is 4.98 Å². The summed E-state index contributed by atoms with van der Waals surface area (Å²) in [5.41, 5.74) is 7.66. The summed E-state index contributed by atoms with van der Waals surface area (Å²) in [5.74, 6) is -0.267. The summed E-state index contributed by atoms with van der Waals surface area (Å²) in [6.45, 7) is 0.280. The molecule has 2 aromatic rings. The number of alkyl halides is 3. The Morgan fingerprint density at radius 1 is 1.21 bits per heavy atom. The molecule has 1 aromatic carbocycles. The van der Waals surface area contributed by atoms with Gasteiger partial charge in [-0.2, -0.15) is 0 Å². The van der Waals surface area contributed by atoms with E-state index in [9.17, 15) is 13.2 Å². The Labute approximate surface area is 107 Å². The summed E-state index contributed by atoms with van der Waals surface area (Å²) >= 11 is 0. The average molecular weight is 268 g/mol. The SMILES string of the molecule is NCc1ccncc1-c1cccc(OC(F)(F)F)c1. The van der Waals surface area contributed by atoms with E-state index in [4.69, 9.17) is 5.73 Å². The summed E-state index contributed by atoms with van der Waals surface area (Å²) in [5, 5.41) is 0. The fourth-order valence-corrected chi connectivity index (χ4v) is 1.72. The molecule has 0 aliphatic carbocycles. The van der Waals surface area contributed by atoms with Crippen LogP contribution in [0.5, 0.6) is 5.75 Å². The van der Waals surface area contributed by atoms with Crippen LogP contribution in [-0.4, -0.2) is 11.3 Å². The maximum atomic E-state index is 12.2. The molecule has 0 unspecified atom stereocenters. The van der Waals surface area contributed by atoms with Crippen molar-refractivity contribution in [3.05, 3.63) is 48.3 Å². The molecule has 0 radical (unpaired) electrons. The monoisotopic (exact) mass is 268 g/mol. The molecule has 0 saturated carbocycles. The largest absolute Gasteiger partial charge is 0.573 e. The molecule has 6 heteroatoms. The zero-order valence-electron chi connectivity index (χ0n) is 9.82. The number of aromatic nitrogens is 1. The molecule has 100 valence electrons. The van der Waals surface area contributed by atoms with Crippen LogP contribution in [0.25, 0.3) is 11.1 Å². The molecule has 2 N–H and O–H groups in total. The fourth-order valence-electron chi connectivity index (χ4n) is 1.72. The van der Waals surface area contributed by atoms with E-state index in [1.807, 2.05) is 0 Å². The van der Waals surface area contributed by atoms with Crippen molar-refractivity contribution in [3.63, 3.8) is 0 Å². The van der Waals surface area contributed by atoms with E-state index in [1.165, 1.54) is 18.2 Å². The number of ether oxygens (including phenoxy) is 1. The van der Waals surface area contributed by atoms with Crippen molar-refractivity contribution in [1.29, 1.82) is 0 Å². The molecule has 0 atom stereocenters. The number of pyridine rings is 1. The summed E-state index contributed by atoms with van der Waals surface area (Å²) < 4.78 is 40.4. The zero-order chi connectivity index (χ0) is 13.9. The smallest absolute Gasteiger partial charge is 0.406 e. The van der Waals surface area contributed by atoms with Crippen molar-refractivity contribution in [3.8, 4) is 16.9 Å². The minimum absolute atomic E-state index is 0.267. The van der Waals surface area contributed by atoms with Gasteiger partial charge in [0.05, 0.1) is 0 Å². The van der Waals surface area contributed by atoms with Crippen LogP contribution in [0.4, 0.5) is 13.2 Å². The number of benzene rings is 1. The van der Waals surface area contributed by atoms with Crippen LogP contribution in [0.1, 0.15) is 5.56 Å². The lowest BCUT2D eigenvalue weighted by Crippen LogP contribution is -2.17. The second kappa shape index (κ2) is 5.27. The highest BCUT2D eigenvalue weighted by Crippen LogP contribution is 2.29. The van der Waals surface area contributed by atoms with Crippen LogP contribution < -0.4 is 10.5 Å². The van der Waals surface area contributed by atoms with E-state index in [1.54, 1.807) is 24.5 Å². The molecule has 0 spiro atoms. The van der Waals surface area contributed by atoms with E-state index < -0.39 is 6.36 Å². The van der Waals surface area contributed by atoms with E-state index in [0.29, 0.717) is 11.1 Å². The number of rotatable bonds is 3. The highest BCUT2D eigenvalue weighted by molar-refractivity contribution is 5.67. The predicted octanol–water partition coefficient (Wildman–Crippen LogP) is 3.11. The Morgan fingerprint density at radius 2 is 2.00 bits per heavy atom. The molecule has 0 fully saturated rings. The average Bonchev–Trinajstić information content (AvgIpc) is 2.37. The molecular formula is C13H11F3N2O. The quantitative estimate of drug-likeness (QED) is 0.930. The molecule has 2 rings (SSSR count). The minimum Gasteiger partial charge on any atom is -0.406 e. The van der Waals surface area contributed by atoms with Gasteiger partial charge in [0, 0.05) is 24.5 Å². The molecule has 1 heterocycles. The molecule has 1 aromatic heterocycles. The Hall–Kier alpha value is -2.08. The first-order valence-corrected chi connectivity index (χ1v) is 5.49. The van der Waals surface area contributed by atoms with E-state index in [0.717, 1.165) is 5.56 Å². The minimum atomic E-state index is -4.70. The maximum absolute atomic E-state index is 12.2. The first-order chi connectivity index (χ1) is 8.99. The number of nitrogens with zero attached hydrogens (tertiary/aromatic N) is 1. The maximum Gasteiger partial charge on any atom is 0.573 e. The zero-order valence-corrected chi connectivity index (χ0v) is 9.82. The van der Waals surface area contributed by atoms with Gasteiger partial charge in [0.15, 0.2) is 0 Å². The van der Waals surface area contributed by atoms with Crippen molar-refractivity contribution >= 4 is 0 Å². The van der Waals surface area contributed by atoms with Gasteiger partial charge in [0.1, 0.15) is 5.75 Å². The number of hydrogen-bond donors (Lipinski definition) is 1. The Balaban J connectivity index is 2.38. The van der Waals surface area contributed by atoms with Gasteiger partial charge in [-0.05, 0) is 29.3 Å². The Kier molecular flexibility index (Phi) is 3.71. The predicted molar refractivity (Wildman–Crippen MR) is 64.2 cm³/mol. The van der Waals surface area contributed by atoms with Gasteiger partial charge >= 0.3 is 6.36 Å². The van der Waals surface area contributed by atoms with Crippen molar-refractivity contribution < 1.29 is 17.9 Å². The van der Waals surface area contributed by atoms with E-state index >= 15 is 0 Å². The normalized spacial score (nSPS) is 11.4. The van der Waals surface area contributed by atoms with Crippen LogP contribution in [0.15, 0.2) is 42.7 Å². The standard InChI is InChI=1S/C13H11F3N2O/c14-13(15,16)19-11-3-1-2-9(6-11)12-8-18-5-4-10(12)7-17/h1-6,8H,7,17H2. The molecule has 0 aliphatic rings. The number of nitrogens with two attached hydrogens (primary N) is 1. The molecule has 19 heavy (non-hydrogen) atoms. The first-order valence-electron chi connectivity index (χ1n) is 5.49. The third-order valence-electron chi connectivity index (χ3n) is 2.51. The summed E-state index contributed by atoms with van der Waals surface area (Å²) in [7, 11) is 0. The lowest BCUT2D eigenvalue weighted by molar-refractivity contribution is -0.274. The van der Waals surface area contributed by atoms with Crippen LogP contribution in [0.2, 0.25) is 0 Å². The van der Waals surface area contributed by atoms with E-state index in [-0.39, 0.29) is 12.3 Å². The lowest BCUT2D eigenvalue weighted by atomic mass is 10.0.